The lowest BCUT2D eigenvalue weighted by molar-refractivity contribution is 0.0999. The minimum Gasteiger partial charge on any atom is -0.297 e. The molecule has 1 aliphatic heterocycles. The van der Waals surface area contributed by atoms with E-state index in [0.717, 1.165) is 57.1 Å². The molecule has 7 heteroatoms. The van der Waals surface area contributed by atoms with Crippen molar-refractivity contribution in [2.75, 3.05) is 26.2 Å². The largest absolute Gasteiger partial charge is 0.297 e. The van der Waals surface area contributed by atoms with Crippen molar-refractivity contribution in [3.8, 4) is 0 Å². The van der Waals surface area contributed by atoms with E-state index in [1.807, 2.05) is 16.8 Å². The Hall–Kier alpha value is -2.64. The first-order chi connectivity index (χ1) is 15.1. The molecule has 1 unspecified atom stereocenters. The molecule has 0 radical (unpaired) electrons. The van der Waals surface area contributed by atoms with Gasteiger partial charge in [-0.3, -0.25) is 9.80 Å². The summed E-state index contributed by atoms with van der Waals surface area (Å²) in [6.07, 6.45) is 1.01. The molecule has 3 aromatic rings. The van der Waals surface area contributed by atoms with Crippen molar-refractivity contribution in [1.82, 2.24) is 30.0 Å². The minimum absolute atomic E-state index is 0.0818. The Kier molecular flexibility index (Phi) is 7.04. The number of hydrogen-bond donors (Lipinski definition) is 0. The third-order valence-electron chi connectivity index (χ3n) is 5.93. The summed E-state index contributed by atoms with van der Waals surface area (Å²) in [6, 6.07) is 17.3. The summed E-state index contributed by atoms with van der Waals surface area (Å²) in [4.78, 5) is 4.90. The van der Waals surface area contributed by atoms with Crippen LogP contribution in [0, 0.1) is 11.7 Å². The number of tetrazole rings is 1. The van der Waals surface area contributed by atoms with E-state index < -0.39 is 0 Å². The first kappa shape index (κ1) is 21.6. The summed E-state index contributed by atoms with van der Waals surface area (Å²) in [7, 11) is 0. The lowest BCUT2D eigenvalue weighted by atomic mass is 10.0. The molecule has 1 fully saturated rings. The highest BCUT2D eigenvalue weighted by Gasteiger charge is 2.30. The van der Waals surface area contributed by atoms with Gasteiger partial charge < -0.3 is 0 Å². The number of benzene rings is 2. The number of aryl methyl sites for hydroxylation is 1. The van der Waals surface area contributed by atoms with Crippen LogP contribution >= 0.6 is 0 Å². The van der Waals surface area contributed by atoms with Crippen LogP contribution in [0.5, 0.6) is 0 Å². The molecule has 1 saturated heterocycles. The van der Waals surface area contributed by atoms with Crippen molar-refractivity contribution >= 4 is 0 Å². The van der Waals surface area contributed by atoms with Crippen molar-refractivity contribution in [3.63, 3.8) is 0 Å². The molecule has 164 valence electrons. The number of aromatic nitrogens is 4. The number of halogens is 1. The van der Waals surface area contributed by atoms with Crippen LogP contribution in [0.15, 0.2) is 54.6 Å². The number of hydrogen-bond acceptors (Lipinski definition) is 5. The monoisotopic (exact) mass is 422 g/mol. The minimum atomic E-state index is -0.227. The summed E-state index contributed by atoms with van der Waals surface area (Å²) >= 11 is 0. The van der Waals surface area contributed by atoms with Crippen LogP contribution in [0.25, 0.3) is 0 Å². The maximum atomic E-state index is 13.6. The van der Waals surface area contributed by atoms with Gasteiger partial charge in [-0.25, -0.2) is 9.07 Å². The van der Waals surface area contributed by atoms with Gasteiger partial charge >= 0.3 is 0 Å². The molecule has 0 spiro atoms. The summed E-state index contributed by atoms with van der Waals surface area (Å²) in [5.74, 6) is 1.18. The van der Waals surface area contributed by atoms with Crippen LogP contribution in [0.2, 0.25) is 0 Å². The van der Waals surface area contributed by atoms with E-state index in [0.29, 0.717) is 5.92 Å². The molecule has 0 bridgehead atoms. The summed E-state index contributed by atoms with van der Waals surface area (Å²) in [6.45, 7) is 9.91. The Labute approximate surface area is 183 Å². The Morgan fingerprint density at radius 3 is 2.32 bits per heavy atom. The van der Waals surface area contributed by atoms with Gasteiger partial charge in [0.2, 0.25) is 0 Å². The van der Waals surface area contributed by atoms with E-state index in [2.05, 4.69) is 69.5 Å². The Balaban J connectivity index is 1.52. The lowest BCUT2D eigenvalue weighted by Gasteiger charge is -2.39. The highest BCUT2D eigenvalue weighted by Crippen LogP contribution is 2.29. The SMILES string of the molecule is CC(C)CCn1nnnc1C(c1ccc(F)cc1)N1CCN(Cc2ccccc2)CC1. The second kappa shape index (κ2) is 10.1. The van der Waals surface area contributed by atoms with Crippen molar-refractivity contribution < 1.29 is 4.39 Å². The average molecular weight is 423 g/mol. The van der Waals surface area contributed by atoms with Crippen molar-refractivity contribution in [2.24, 2.45) is 5.92 Å². The van der Waals surface area contributed by atoms with Crippen molar-refractivity contribution in [1.29, 1.82) is 0 Å². The summed E-state index contributed by atoms with van der Waals surface area (Å²) in [5.41, 5.74) is 2.36. The smallest absolute Gasteiger partial charge is 0.173 e. The molecule has 2 aromatic carbocycles. The van der Waals surface area contributed by atoms with Crippen LogP contribution in [0.3, 0.4) is 0 Å². The molecule has 0 aliphatic carbocycles. The van der Waals surface area contributed by atoms with Crippen LogP contribution in [0.4, 0.5) is 4.39 Å². The fourth-order valence-corrected chi connectivity index (χ4v) is 4.14. The molecule has 1 atom stereocenters. The maximum absolute atomic E-state index is 13.6. The molecule has 1 aliphatic rings. The van der Waals surface area contributed by atoms with E-state index in [4.69, 9.17) is 0 Å². The fourth-order valence-electron chi connectivity index (χ4n) is 4.14. The molecule has 6 nitrogen and oxygen atoms in total. The standard InChI is InChI=1S/C24H31FN6/c1-19(2)12-13-31-24(26-27-28-31)23(21-8-10-22(25)11-9-21)30-16-14-29(15-17-30)18-20-6-4-3-5-7-20/h3-11,19,23H,12-18H2,1-2H3. The van der Waals surface area contributed by atoms with Gasteiger partial charge in [0, 0.05) is 39.3 Å². The van der Waals surface area contributed by atoms with Gasteiger partial charge in [0.1, 0.15) is 5.82 Å². The van der Waals surface area contributed by atoms with Crippen LogP contribution in [-0.4, -0.2) is 56.2 Å². The zero-order valence-corrected chi connectivity index (χ0v) is 18.4. The molecular weight excluding hydrogens is 391 g/mol. The van der Waals surface area contributed by atoms with Crippen LogP contribution in [0.1, 0.15) is 43.3 Å². The van der Waals surface area contributed by atoms with Crippen LogP contribution in [-0.2, 0) is 13.1 Å². The molecule has 0 saturated carbocycles. The Bertz CT molecular complexity index is 932. The van der Waals surface area contributed by atoms with Crippen LogP contribution < -0.4 is 0 Å². The summed E-state index contributed by atoms with van der Waals surface area (Å²) < 4.78 is 15.5. The maximum Gasteiger partial charge on any atom is 0.173 e. The van der Waals surface area contributed by atoms with Crippen molar-refractivity contribution in [2.45, 2.75) is 39.4 Å². The van der Waals surface area contributed by atoms with E-state index in [1.165, 1.54) is 17.7 Å². The zero-order chi connectivity index (χ0) is 21.6. The normalized spacial score (nSPS) is 16.6. The molecule has 4 rings (SSSR count). The third-order valence-corrected chi connectivity index (χ3v) is 5.93. The Morgan fingerprint density at radius 2 is 1.65 bits per heavy atom. The van der Waals surface area contributed by atoms with Crippen molar-refractivity contribution in [3.05, 3.63) is 77.4 Å². The quantitative estimate of drug-likeness (QED) is 0.553. The average Bonchev–Trinajstić information content (AvgIpc) is 3.24. The third kappa shape index (κ3) is 5.54. The second-order valence-electron chi connectivity index (χ2n) is 8.69. The molecule has 31 heavy (non-hydrogen) atoms. The molecule has 0 amide bonds. The Morgan fingerprint density at radius 1 is 0.935 bits per heavy atom. The molecule has 0 N–H and O–H groups in total. The van der Waals surface area contributed by atoms with E-state index in [1.54, 1.807) is 0 Å². The zero-order valence-electron chi connectivity index (χ0n) is 18.4. The number of rotatable bonds is 8. The van der Waals surface area contributed by atoms with Gasteiger partial charge in [0.25, 0.3) is 0 Å². The van der Waals surface area contributed by atoms with Gasteiger partial charge in [0.15, 0.2) is 5.82 Å². The van der Waals surface area contributed by atoms with Gasteiger partial charge in [-0.15, -0.1) is 5.10 Å². The lowest BCUT2D eigenvalue weighted by Crippen LogP contribution is -2.48. The van der Waals surface area contributed by atoms with Gasteiger partial charge in [-0.1, -0.05) is 56.3 Å². The van der Waals surface area contributed by atoms with E-state index >= 15 is 0 Å². The van der Waals surface area contributed by atoms with Gasteiger partial charge in [-0.2, -0.15) is 0 Å². The molecule has 1 aromatic heterocycles. The predicted molar refractivity (Wildman–Crippen MR) is 119 cm³/mol. The first-order valence-corrected chi connectivity index (χ1v) is 11.1. The molecular formula is C24H31FN6. The second-order valence-corrected chi connectivity index (χ2v) is 8.69. The topological polar surface area (TPSA) is 50.1 Å². The number of piperazine rings is 1. The highest BCUT2D eigenvalue weighted by molar-refractivity contribution is 5.25. The van der Waals surface area contributed by atoms with E-state index in [-0.39, 0.29) is 11.9 Å². The fraction of sp³-hybridized carbons (Fsp3) is 0.458. The van der Waals surface area contributed by atoms with Gasteiger partial charge in [0.05, 0.1) is 6.04 Å². The highest BCUT2D eigenvalue weighted by atomic mass is 19.1. The first-order valence-electron chi connectivity index (χ1n) is 11.1. The van der Waals surface area contributed by atoms with Gasteiger partial charge in [-0.05, 0) is 46.0 Å². The summed E-state index contributed by atoms with van der Waals surface area (Å²) in [5, 5.41) is 12.7. The number of nitrogens with zero attached hydrogens (tertiary/aromatic N) is 6. The predicted octanol–water partition coefficient (Wildman–Crippen LogP) is 3.77. The molecule has 2 heterocycles. The van der Waals surface area contributed by atoms with E-state index in [9.17, 15) is 4.39 Å².